The number of thioether (sulfide) groups is 1. The van der Waals surface area contributed by atoms with E-state index in [4.69, 9.17) is 4.74 Å². The van der Waals surface area contributed by atoms with Crippen LogP contribution in [0.4, 0.5) is 0 Å². The minimum Gasteiger partial charge on any atom is -0.463 e. The average Bonchev–Trinajstić information content (AvgIpc) is 2.81. The van der Waals surface area contributed by atoms with Crippen molar-refractivity contribution in [2.24, 2.45) is 10.9 Å². The van der Waals surface area contributed by atoms with Crippen LogP contribution in [0.3, 0.4) is 0 Å². The lowest BCUT2D eigenvalue weighted by Gasteiger charge is -2.13. The number of Topliss-reactive ketones (excluding diaryl/α,β-unsaturated/α-hetero) is 1. The molecule has 0 saturated heterocycles. The number of allylic oxidation sites excluding steroid dienone is 4. The molecule has 1 unspecified atom stereocenters. The van der Waals surface area contributed by atoms with Crippen molar-refractivity contribution in [1.29, 1.82) is 0 Å². The largest absolute Gasteiger partial charge is 0.463 e. The van der Waals surface area contributed by atoms with Crippen molar-refractivity contribution in [2.45, 2.75) is 13.8 Å². The Morgan fingerprint density at radius 2 is 2.42 bits per heavy atom. The molecule has 0 spiro atoms. The zero-order valence-corrected chi connectivity index (χ0v) is 11.7. The van der Waals surface area contributed by atoms with Gasteiger partial charge in [0.25, 0.3) is 0 Å². The molecule has 2 rings (SSSR count). The van der Waals surface area contributed by atoms with Crippen LogP contribution in [0.1, 0.15) is 13.8 Å². The third kappa shape index (κ3) is 3.23. The van der Waals surface area contributed by atoms with Crippen LogP contribution < -0.4 is 0 Å². The standard InChI is InChI=1S/C14H15NO3S/c1-3-18-12(16)7-10-8-19-14(15-10)11-6-4-5-9(2)13(11)17/h4-7,11H,3,8H2,1-2H3/b10-7-. The van der Waals surface area contributed by atoms with Crippen LogP contribution in [0, 0.1) is 5.92 Å². The molecule has 0 fully saturated rings. The highest BCUT2D eigenvalue weighted by Crippen LogP contribution is 2.29. The van der Waals surface area contributed by atoms with Gasteiger partial charge < -0.3 is 4.74 Å². The van der Waals surface area contributed by atoms with E-state index >= 15 is 0 Å². The van der Waals surface area contributed by atoms with E-state index in [2.05, 4.69) is 4.99 Å². The molecule has 1 atom stereocenters. The second-order valence-corrected chi connectivity index (χ2v) is 5.20. The normalized spacial score (nSPS) is 24.4. The fourth-order valence-electron chi connectivity index (χ4n) is 1.83. The second kappa shape index (κ2) is 6.02. The molecular weight excluding hydrogens is 262 g/mol. The van der Waals surface area contributed by atoms with Gasteiger partial charge in [0, 0.05) is 11.8 Å². The van der Waals surface area contributed by atoms with Crippen molar-refractivity contribution in [3.63, 3.8) is 0 Å². The predicted octanol–water partition coefficient (Wildman–Crippen LogP) is 2.28. The maximum atomic E-state index is 12.0. The molecule has 1 heterocycles. The van der Waals surface area contributed by atoms with Crippen molar-refractivity contribution in [1.82, 2.24) is 0 Å². The number of ether oxygens (including phenoxy) is 1. The van der Waals surface area contributed by atoms with E-state index in [0.29, 0.717) is 18.1 Å². The Hall–Kier alpha value is -1.62. The fourth-order valence-corrected chi connectivity index (χ4v) is 2.82. The first-order valence-corrected chi connectivity index (χ1v) is 7.08. The molecule has 0 aromatic rings. The summed E-state index contributed by atoms with van der Waals surface area (Å²) < 4.78 is 4.84. The smallest absolute Gasteiger partial charge is 0.332 e. The molecule has 19 heavy (non-hydrogen) atoms. The molecule has 2 aliphatic rings. The Labute approximate surface area is 116 Å². The Morgan fingerprint density at radius 3 is 3.16 bits per heavy atom. The number of carbonyl (C=O) groups excluding carboxylic acids is 2. The Kier molecular flexibility index (Phi) is 4.37. The first kappa shape index (κ1) is 13.8. The molecule has 0 aromatic heterocycles. The van der Waals surface area contributed by atoms with Crippen LogP contribution in [0.2, 0.25) is 0 Å². The molecular formula is C14H15NO3S. The van der Waals surface area contributed by atoms with Crippen LogP contribution in [0.15, 0.2) is 40.6 Å². The summed E-state index contributed by atoms with van der Waals surface area (Å²) in [7, 11) is 0. The summed E-state index contributed by atoms with van der Waals surface area (Å²) in [6.45, 7) is 3.91. The topological polar surface area (TPSA) is 55.7 Å². The van der Waals surface area contributed by atoms with Crippen molar-refractivity contribution >= 4 is 28.6 Å². The summed E-state index contributed by atoms with van der Waals surface area (Å²) in [5, 5.41) is 0.754. The van der Waals surface area contributed by atoms with Crippen LogP contribution in [-0.4, -0.2) is 29.2 Å². The zero-order valence-electron chi connectivity index (χ0n) is 10.9. The van der Waals surface area contributed by atoms with Gasteiger partial charge in [-0.15, -0.1) is 11.8 Å². The van der Waals surface area contributed by atoms with Gasteiger partial charge in [-0.3, -0.25) is 4.79 Å². The van der Waals surface area contributed by atoms with E-state index in [1.165, 1.54) is 17.8 Å². The van der Waals surface area contributed by atoms with Gasteiger partial charge in [0.2, 0.25) is 0 Å². The number of hydrogen-bond acceptors (Lipinski definition) is 5. The van der Waals surface area contributed by atoms with Crippen LogP contribution in [0.5, 0.6) is 0 Å². The first-order valence-electron chi connectivity index (χ1n) is 6.10. The quantitative estimate of drug-likeness (QED) is 0.586. The number of nitrogens with zero attached hydrogens (tertiary/aromatic N) is 1. The van der Waals surface area contributed by atoms with Crippen molar-refractivity contribution < 1.29 is 14.3 Å². The maximum absolute atomic E-state index is 12.0. The molecule has 0 bridgehead atoms. The van der Waals surface area contributed by atoms with Gasteiger partial charge in [-0.25, -0.2) is 9.79 Å². The Bertz CT molecular complexity index is 529. The summed E-state index contributed by atoms with van der Waals surface area (Å²) in [6, 6.07) is 0. The monoisotopic (exact) mass is 277 g/mol. The third-order valence-electron chi connectivity index (χ3n) is 2.78. The van der Waals surface area contributed by atoms with Gasteiger partial charge in [-0.2, -0.15) is 0 Å². The molecule has 0 saturated carbocycles. The van der Waals surface area contributed by atoms with E-state index in [1.807, 2.05) is 12.2 Å². The van der Waals surface area contributed by atoms with Gasteiger partial charge in [0.05, 0.1) is 23.3 Å². The summed E-state index contributed by atoms with van der Waals surface area (Å²) in [5.74, 6) is -0.00643. The van der Waals surface area contributed by atoms with Gasteiger partial charge in [-0.1, -0.05) is 18.2 Å². The molecule has 5 heteroatoms. The number of aliphatic imine (C=N–C) groups is 1. The average molecular weight is 277 g/mol. The summed E-state index contributed by atoms with van der Waals surface area (Å²) in [4.78, 5) is 27.7. The first-order chi connectivity index (χ1) is 9.11. The molecule has 0 amide bonds. The molecule has 1 aliphatic carbocycles. The van der Waals surface area contributed by atoms with Crippen molar-refractivity contribution in [2.75, 3.05) is 12.4 Å². The van der Waals surface area contributed by atoms with Gasteiger partial charge in [0.1, 0.15) is 0 Å². The fraction of sp³-hybridized carbons (Fsp3) is 0.357. The summed E-state index contributed by atoms with van der Waals surface area (Å²) in [6.07, 6.45) is 6.91. The SMILES string of the molecule is CCOC(=O)/C=C1/CSC(C2C=CC=C(C)C2=O)=N1. The highest BCUT2D eigenvalue weighted by Gasteiger charge is 2.28. The lowest BCUT2D eigenvalue weighted by molar-refractivity contribution is -0.137. The van der Waals surface area contributed by atoms with Crippen molar-refractivity contribution in [3.05, 3.63) is 35.6 Å². The van der Waals surface area contributed by atoms with Gasteiger partial charge in [-0.05, 0) is 19.4 Å². The van der Waals surface area contributed by atoms with E-state index in [1.54, 1.807) is 19.9 Å². The minimum absolute atomic E-state index is 0.0751. The van der Waals surface area contributed by atoms with Gasteiger partial charge in [0.15, 0.2) is 5.78 Å². The number of esters is 1. The van der Waals surface area contributed by atoms with E-state index in [0.717, 1.165) is 10.6 Å². The maximum Gasteiger partial charge on any atom is 0.332 e. The highest BCUT2D eigenvalue weighted by molar-refractivity contribution is 8.14. The van der Waals surface area contributed by atoms with Crippen molar-refractivity contribution in [3.8, 4) is 0 Å². The third-order valence-corrected chi connectivity index (χ3v) is 3.86. The Balaban J connectivity index is 2.12. The van der Waals surface area contributed by atoms with E-state index in [-0.39, 0.29) is 17.7 Å². The van der Waals surface area contributed by atoms with Gasteiger partial charge >= 0.3 is 5.97 Å². The number of rotatable bonds is 3. The highest BCUT2D eigenvalue weighted by atomic mass is 32.2. The van der Waals surface area contributed by atoms with Crippen LogP contribution in [0.25, 0.3) is 0 Å². The zero-order chi connectivity index (χ0) is 13.8. The molecule has 0 N–H and O–H groups in total. The summed E-state index contributed by atoms with van der Waals surface area (Å²) >= 11 is 1.50. The minimum atomic E-state index is -0.385. The predicted molar refractivity (Wildman–Crippen MR) is 76.0 cm³/mol. The van der Waals surface area contributed by atoms with E-state index in [9.17, 15) is 9.59 Å². The number of carbonyl (C=O) groups is 2. The molecule has 1 aliphatic heterocycles. The lowest BCUT2D eigenvalue weighted by atomic mass is 9.94. The van der Waals surface area contributed by atoms with E-state index < -0.39 is 0 Å². The van der Waals surface area contributed by atoms with Crippen LogP contribution in [-0.2, 0) is 14.3 Å². The molecule has 4 nitrogen and oxygen atoms in total. The lowest BCUT2D eigenvalue weighted by Crippen LogP contribution is -2.21. The molecule has 0 aromatic carbocycles. The molecule has 100 valence electrons. The number of hydrogen-bond donors (Lipinski definition) is 0. The summed E-state index contributed by atoms with van der Waals surface area (Å²) in [5.41, 5.74) is 1.39. The molecule has 0 radical (unpaired) electrons. The number of ketones is 1. The second-order valence-electron chi connectivity index (χ2n) is 4.20. The Morgan fingerprint density at radius 1 is 1.63 bits per heavy atom. The van der Waals surface area contributed by atoms with Crippen LogP contribution >= 0.6 is 11.8 Å².